The Hall–Kier alpha value is -2.17. The van der Waals surface area contributed by atoms with Gasteiger partial charge in [-0.15, -0.1) is 0 Å². The number of rotatable bonds is 7. The zero-order valence-electron chi connectivity index (χ0n) is 13.0. The fraction of sp³-hybridized carbons (Fsp3) is 0.438. The lowest BCUT2D eigenvalue weighted by Crippen LogP contribution is -2.22. The first-order valence-corrected chi connectivity index (χ1v) is 7.38. The minimum Gasteiger partial charge on any atom is -0.370 e. The summed E-state index contributed by atoms with van der Waals surface area (Å²) in [5, 5.41) is 3.32. The van der Waals surface area contributed by atoms with Crippen LogP contribution in [0.1, 0.15) is 24.7 Å². The summed E-state index contributed by atoms with van der Waals surface area (Å²) in [6.07, 6.45) is 5.71. The first kappa shape index (κ1) is 15.2. The molecule has 2 aromatic heterocycles. The highest BCUT2D eigenvalue weighted by atomic mass is 15.2. The number of nitrogens with zero attached hydrogens (tertiary/aromatic N) is 4. The van der Waals surface area contributed by atoms with Crippen molar-refractivity contribution in [3.63, 3.8) is 0 Å². The van der Waals surface area contributed by atoms with E-state index in [1.807, 2.05) is 37.5 Å². The maximum absolute atomic E-state index is 4.52. The Morgan fingerprint density at radius 2 is 1.95 bits per heavy atom. The lowest BCUT2D eigenvalue weighted by Gasteiger charge is -2.19. The van der Waals surface area contributed by atoms with Crippen LogP contribution in [-0.4, -0.2) is 35.1 Å². The Balaban J connectivity index is 2.01. The van der Waals surface area contributed by atoms with Crippen molar-refractivity contribution >= 4 is 11.6 Å². The van der Waals surface area contributed by atoms with Crippen LogP contribution in [0.3, 0.4) is 0 Å². The fourth-order valence-corrected chi connectivity index (χ4v) is 2.05. The molecular formula is C16H23N5. The highest BCUT2D eigenvalue weighted by Gasteiger charge is 2.06. The van der Waals surface area contributed by atoms with Gasteiger partial charge >= 0.3 is 0 Å². The van der Waals surface area contributed by atoms with E-state index in [9.17, 15) is 0 Å². The van der Waals surface area contributed by atoms with Crippen LogP contribution >= 0.6 is 0 Å². The van der Waals surface area contributed by atoms with Crippen LogP contribution in [0.5, 0.6) is 0 Å². The maximum atomic E-state index is 4.52. The smallest absolute Gasteiger partial charge is 0.134 e. The number of likely N-dealkylation sites (N-methyl/N-ethyl adjacent to an activating group) is 1. The molecular weight excluding hydrogens is 262 g/mol. The molecule has 0 unspecified atom stereocenters. The van der Waals surface area contributed by atoms with Crippen LogP contribution in [0.15, 0.2) is 30.6 Å². The van der Waals surface area contributed by atoms with Gasteiger partial charge in [0.1, 0.15) is 17.5 Å². The van der Waals surface area contributed by atoms with Gasteiger partial charge in [-0.3, -0.25) is 4.98 Å². The van der Waals surface area contributed by atoms with Crippen LogP contribution in [-0.2, 0) is 6.42 Å². The maximum Gasteiger partial charge on any atom is 0.134 e. The second kappa shape index (κ2) is 7.57. The van der Waals surface area contributed by atoms with E-state index >= 15 is 0 Å². The number of nitrogens with one attached hydrogen (secondary N) is 1. The standard InChI is InChI=1S/C16H23N5/c1-4-8-18-15-12-16(20-13(2)19-15)21(3)11-7-14-5-9-17-10-6-14/h5-6,9-10,12H,4,7-8,11H2,1-3H3,(H,18,19,20). The number of hydrogen-bond donors (Lipinski definition) is 1. The molecule has 21 heavy (non-hydrogen) atoms. The van der Waals surface area contributed by atoms with Crippen molar-refractivity contribution in [1.29, 1.82) is 0 Å². The van der Waals surface area contributed by atoms with Crippen molar-refractivity contribution in [3.05, 3.63) is 42.0 Å². The van der Waals surface area contributed by atoms with Crippen molar-refractivity contribution in [3.8, 4) is 0 Å². The minimum absolute atomic E-state index is 0.793. The van der Waals surface area contributed by atoms with Gasteiger partial charge in [0, 0.05) is 38.6 Å². The molecule has 0 amide bonds. The van der Waals surface area contributed by atoms with E-state index in [1.54, 1.807) is 0 Å². The van der Waals surface area contributed by atoms with Crippen LogP contribution in [0.4, 0.5) is 11.6 Å². The zero-order chi connectivity index (χ0) is 15.1. The SMILES string of the molecule is CCCNc1cc(N(C)CCc2ccncc2)nc(C)n1. The molecule has 0 atom stereocenters. The van der Waals surface area contributed by atoms with Crippen molar-refractivity contribution in [2.75, 3.05) is 30.4 Å². The average molecular weight is 285 g/mol. The average Bonchev–Trinajstić information content (AvgIpc) is 2.51. The van der Waals surface area contributed by atoms with Crippen molar-refractivity contribution < 1.29 is 0 Å². The third-order valence-electron chi connectivity index (χ3n) is 3.26. The highest BCUT2D eigenvalue weighted by molar-refractivity contribution is 5.49. The normalized spacial score (nSPS) is 10.4. The summed E-state index contributed by atoms with van der Waals surface area (Å²) in [5.41, 5.74) is 1.28. The van der Waals surface area contributed by atoms with Gasteiger partial charge in [0.2, 0.25) is 0 Å². The summed E-state index contributed by atoms with van der Waals surface area (Å²) < 4.78 is 0. The Bertz CT molecular complexity index is 556. The molecule has 0 aliphatic carbocycles. The third kappa shape index (κ3) is 4.70. The largest absolute Gasteiger partial charge is 0.370 e. The van der Waals surface area contributed by atoms with Gasteiger partial charge < -0.3 is 10.2 Å². The molecule has 2 heterocycles. The number of aromatic nitrogens is 3. The lowest BCUT2D eigenvalue weighted by atomic mass is 10.2. The monoisotopic (exact) mass is 285 g/mol. The zero-order valence-corrected chi connectivity index (χ0v) is 13.0. The van der Waals surface area contributed by atoms with E-state index in [2.05, 4.69) is 39.1 Å². The van der Waals surface area contributed by atoms with Crippen molar-refractivity contribution in [2.24, 2.45) is 0 Å². The molecule has 0 aliphatic heterocycles. The van der Waals surface area contributed by atoms with E-state index in [0.29, 0.717) is 0 Å². The summed E-state index contributed by atoms with van der Waals surface area (Å²) in [5.74, 6) is 2.65. The number of pyridine rings is 1. The van der Waals surface area contributed by atoms with Gasteiger partial charge in [0.25, 0.3) is 0 Å². The quantitative estimate of drug-likeness (QED) is 0.847. The topological polar surface area (TPSA) is 53.9 Å². The Morgan fingerprint density at radius 3 is 2.67 bits per heavy atom. The first-order chi connectivity index (χ1) is 10.2. The summed E-state index contributed by atoms with van der Waals surface area (Å²) in [6.45, 7) is 5.91. The van der Waals surface area contributed by atoms with Gasteiger partial charge in [-0.1, -0.05) is 6.92 Å². The van der Waals surface area contributed by atoms with Gasteiger partial charge in [0.15, 0.2) is 0 Å². The fourth-order valence-electron chi connectivity index (χ4n) is 2.05. The second-order valence-corrected chi connectivity index (χ2v) is 5.11. The Morgan fingerprint density at radius 1 is 1.19 bits per heavy atom. The van der Waals surface area contributed by atoms with Gasteiger partial charge in [-0.2, -0.15) is 0 Å². The second-order valence-electron chi connectivity index (χ2n) is 5.11. The highest BCUT2D eigenvalue weighted by Crippen LogP contribution is 2.15. The Kier molecular flexibility index (Phi) is 5.49. The molecule has 5 heteroatoms. The van der Waals surface area contributed by atoms with E-state index in [0.717, 1.165) is 43.4 Å². The molecule has 112 valence electrons. The number of aryl methyl sites for hydroxylation is 1. The van der Waals surface area contributed by atoms with Gasteiger partial charge in [-0.05, 0) is 37.5 Å². The van der Waals surface area contributed by atoms with Crippen LogP contribution in [0.2, 0.25) is 0 Å². The molecule has 0 bridgehead atoms. The van der Waals surface area contributed by atoms with Crippen LogP contribution in [0, 0.1) is 6.92 Å². The van der Waals surface area contributed by atoms with Gasteiger partial charge in [-0.25, -0.2) is 9.97 Å². The summed E-state index contributed by atoms with van der Waals surface area (Å²) >= 11 is 0. The lowest BCUT2D eigenvalue weighted by molar-refractivity contribution is 0.846. The molecule has 0 saturated heterocycles. The predicted octanol–water partition coefficient (Wildman–Crippen LogP) is 2.68. The molecule has 0 aromatic carbocycles. The summed E-state index contributed by atoms with van der Waals surface area (Å²) in [4.78, 5) is 15.1. The van der Waals surface area contributed by atoms with E-state index in [1.165, 1.54) is 5.56 Å². The van der Waals surface area contributed by atoms with Crippen molar-refractivity contribution in [2.45, 2.75) is 26.7 Å². The van der Waals surface area contributed by atoms with Gasteiger partial charge in [0.05, 0.1) is 0 Å². The van der Waals surface area contributed by atoms with E-state index < -0.39 is 0 Å². The number of anilines is 2. The number of hydrogen-bond acceptors (Lipinski definition) is 5. The molecule has 2 rings (SSSR count). The summed E-state index contributed by atoms with van der Waals surface area (Å²) in [6, 6.07) is 6.11. The molecule has 1 N–H and O–H groups in total. The Labute approximate surface area is 126 Å². The molecule has 5 nitrogen and oxygen atoms in total. The van der Waals surface area contributed by atoms with E-state index in [4.69, 9.17) is 0 Å². The molecule has 0 radical (unpaired) electrons. The molecule has 0 saturated carbocycles. The molecule has 0 fully saturated rings. The van der Waals surface area contributed by atoms with Crippen molar-refractivity contribution in [1.82, 2.24) is 15.0 Å². The van der Waals surface area contributed by atoms with Crippen LogP contribution < -0.4 is 10.2 Å². The molecule has 0 aliphatic rings. The summed E-state index contributed by atoms with van der Waals surface area (Å²) in [7, 11) is 2.06. The third-order valence-corrected chi connectivity index (χ3v) is 3.26. The molecule has 0 spiro atoms. The predicted molar refractivity (Wildman–Crippen MR) is 86.8 cm³/mol. The first-order valence-electron chi connectivity index (χ1n) is 7.38. The minimum atomic E-state index is 0.793. The molecule has 2 aromatic rings. The van der Waals surface area contributed by atoms with Crippen LogP contribution in [0.25, 0.3) is 0 Å². The van der Waals surface area contributed by atoms with E-state index in [-0.39, 0.29) is 0 Å².